The number of pyridine rings is 1. The maximum atomic E-state index is 13.2. The van der Waals surface area contributed by atoms with Crippen molar-refractivity contribution in [3.05, 3.63) is 84.8 Å². The number of fused-ring (bicyclic) bond motifs is 1. The molecule has 4 heterocycles. The van der Waals surface area contributed by atoms with Crippen molar-refractivity contribution in [2.75, 3.05) is 13.1 Å². The lowest BCUT2D eigenvalue weighted by molar-refractivity contribution is 0.452. The smallest absolute Gasteiger partial charge is 0.262 e. The molecular weight excluding hydrogens is 412 g/mol. The van der Waals surface area contributed by atoms with E-state index < -0.39 is 10.0 Å². The lowest BCUT2D eigenvalue weighted by atomic mass is 9.94. The fourth-order valence-electron chi connectivity index (χ4n) is 4.25. The monoisotopic (exact) mass is 436 g/mol. The van der Waals surface area contributed by atoms with Gasteiger partial charge in [-0.05, 0) is 17.7 Å². The van der Waals surface area contributed by atoms with Crippen LogP contribution < -0.4 is 5.32 Å². The van der Waals surface area contributed by atoms with Crippen LogP contribution in [0.15, 0.2) is 78.6 Å². The summed E-state index contributed by atoms with van der Waals surface area (Å²) in [6, 6.07) is 16.1. The van der Waals surface area contributed by atoms with Gasteiger partial charge >= 0.3 is 0 Å². The molecule has 1 N–H and O–H groups in total. The van der Waals surface area contributed by atoms with Gasteiger partial charge in [0.15, 0.2) is 5.03 Å². The number of hydrogen-bond donors (Lipinski definition) is 1. The quantitative estimate of drug-likeness (QED) is 0.500. The molecule has 0 radical (unpaired) electrons. The van der Waals surface area contributed by atoms with E-state index in [1.54, 1.807) is 28.4 Å². The molecule has 0 spiro atoms. The van der Waals surface area contributed by atoms with E-state index in [0.717, 1.165) is 16.8 Å². The highest BCUT2D eigenvalue weighted by molar-refractivity contribution is 7.89. The summed E-state index contributed by atoms with van der Waals surface area (Å²) in [7, 11) is -1.89. The highest BCUT2D eigenvalue weighted by atomic mass is 32.2. The molecule has 2 unspecified atom stereocenters. The first kappa shape index (κ1) is 19.9. The van der Waals surface area contributed by atoms with Crippen molar-refractivity contribution in [3.63, 3.8) is 0 Å². The molecule has 5 rings (SSSR count). The van der Waals surface area contributed by atoms with Gasteiger partial charge in [0.25, 0.3) is 10.0 Å². The minimum absolute atomic E-state index is 0.0281. The highest BCUT2D eigenvalue weighted by Gasteiger charge is 2.40. The standard InChI is InChI=1S/C22H24N6O2S/c1-26-14-22(25-16-26)31(29,30)27-12-20(17-6-3-2-4-7-17)21(13-27)24-11-19-9-5-8-18-10-23-15-28(18)19/h2-10,14-16,20-21,24H,11-13H2,1H3. The van der Waals surface area contributed by atoms with E-state index >= 15 is 0 Å². The zero-order valence-corrected chi connectivity index (χ0v) is 18.0. The van der Waals surface area contributed by atoms with Gasteiger partial charge in [-0.2, -0.15) is 4.31 Å². The second-order valence-electron chi connectivity index (χ2n) is 7.91. The van der Waals surface area contributed by atoms with E-state index in [0.29, 0.717) is 19.6 Å². The van der Waals surface area contributed by atoms with Gasteiger partial charge in [0.2, 0.25) is 0 Å². The third-order valence-corrected chi connectivity index (χ3v) is 7.59. The van der Waals surface area contributed by atoms with Crippen LogP contribution >= 0.6 is 0 Å². The van der Waals surface area contributed by atoms with Crippen molar-refractivity contribution < 1.29 is 8.42 Å². The maximum Gasteiger partial charge on any atom is 0.262 e. The first-order chi connectivity index (χ1) is 15.0. The minimum atomic E-state index is -3.65. The molecule has 1 fully saturated rings. The van der Waals surface area contributed by atoms with Crippen LogP contribution in [0.5, 0.6) is 0 Å². The molecule has 9 heteroatoms. The summed E-state index contributed by atoms with van der Waals surface area (Å²) in [5.41, 5.74) is 3.23. The van der Waals surface area contributed by atoms with E-state index in [1.165, 1.54) is 6.33 Å². The number of aryl methyl sites for hydroxylation is 1. The molecule has 8 nitrogen and oxygen atoms in total. The SMILES string of the molecule is Cn1cnc(S(=O)(=O)N2CC(NCc3cccc4cncn34)C(c3ccccc3)C2)c1. The number of aromatic nitrogens is 4. The Morgan fingerprint density at radius 3 is 2.68 bits per heavy atom. The van der Waals surface area contributed by atoms with Crippen LogP contribution in [0.2, 0.25) is 0 Å². The molecule has 1 aromatic carbocycles. The van der Waals surface area contributed by atoms with Crippen LogP contribution in [0.4, 0.5) is 0 Å². The summed E-state index contributed by atoms with van der Waals surface area (Å²) in [6.45, 7) is 1.41. The summed E-state index contributed by atoms with van der Waals surface area (Å²) in [6.07, 6.45) is 6.69. The highest BCUT2D eigenvalue weighted by Crippen LogP contribution is 2.31. The molecule has 31 heavy (non-hydrogen) atoms. The van der Waals surface area contributed by atoms with E-state index in [2.05, 4.69) is 33.5 Å². The zero-order valence-electron chi connectivity index (χ0n) is 17.2. The van der Waals surface area contributed by atoms with E-state index in [9.17, 15) is 8.42 Å². The third kappa shape index (κ3) is 3.76. The second-order valence-corrected chi connectivity index (χ2v) is 9.79. The van der Waals surface area contributed by atoms with Crippen molar-refractivity contribution in [3.8, 4) is 0 Å². The predicted molar refractivity (Wildman–Crippen MR) is 117 cm³/mol. The first-order valence-corrected chi connectivity index (χ1v) is 11.6. The van der Waals surface area contributed by atoms with E-state index in [4.69, 9.17) is 0 Å². The van der Waals surface area contributed by atoms with Crippen LogP contribution in [0.3, 0.4) is 0 Å². The van der Waals surface area contributed by atoms with Gasteiger partial charge in [0.05, 0.1) is 24.4 Å². The Morgan fingerprint density at radius 1 is 1.06 bits per heavy atom. The van der Waals surface area contributed by atoms with Crippen LogP contribution in [0.1, 0.15) is 17.2 Å². The molecule has 0 saturated carbocycles. The van der Waals surface area contributed by atoms with Crippen molar-refractivity contribution in [1.29, 1.82) is 0 Å². The van der Waals surface area contributed by atoms with Gasteiger partial charge < -0.3 is 14.3 Å². The number of rotatable bonds is 6. The fraction of sp³-hybridized carbons (Fsp3) is 0.273. The van der Waals surface area contributed by atoms with Gasteiger partial charge in [-0.25, -0.2) is 18.4 Å². The summed E-state index contributed by atoms with van der Waals surface area (Å²) in [5, 5.41) is 3.70. The van der Waals surface area contributed by atoms with Crippen LogP contribution in [0, 0.1) is 0 Å². The Kier molecular flexibility index (Phi) is 5.09. The molecule has 2 atom stereocenters. The predicted octanol–water partition coefficient (Wildman–Crippen LogP) is 2.01. The Hall–Kier alpha value is -3.01. The maximum absolute atomic E-state index is 13.2. The molecule has 1 saturated heterocycles. The Labute approximate surface area is 181 Å². The number of nitrogens with zero attached hydrogens (tertiary/aromatic N) is 5. The lowest BCUT2D eigenvalue weighted by Crippen LogP contribution is -2.36. The molecule has 1 aliphatic rings. The molecule has 1 aliphatic heterocycles. The van der Waals surface area contributed by atoms with Crippen molar-refractivity contribution in [1.82, 2.24) is 28.6 Å². The number of sulfonamides is 1. The second kappa shape index (κ2) is 7.92. The van der Waals surface area contributed by atoms with Crippen LogP contribution in [-0.2, 0) is 23.6 Å². The van der Waals surface area contributed by atoms with E-state index in [-0.39, 0.29) is 17.0 Å². The topological polar surface area (TPSA) is 84.5 Å². The number of nitrogens with one attached hydrogen (secondary N) is 1. The summed E-state index contributed by atoms with van der Waals surface area (Å²) in [5.74, 6) is 0.0432. The third-order valence-electron chi connectivity index (χ3n) is 5.88. The van der Waals surface area contributed by atoms with Crippen LogP contribution in [0.25, 0.3) is 5.52 Å². The van der Waals surface area contributed by atoms with Crippen molar-refractivity contribution in [2.24, 2.45) is 7.05 Å². The van der Waals surface area contributed by atoms with Gasteiger partial charge in [-0.15, -0.1) is 0 Å². The summed E-state index contributed by atoms with van der Waals surface area (Å²) < 4.78 is 31.6. The van der Waals surface area contributed by atoms with Crippen LogP contribution in [-0.4, -0.2) is 50.8 Å². The number of benzene rings is 1. The normalized spacial score (nSPS) is 19.9. The van der Waals surface area contributed by atoms with Gasteiger partial charge in [0.1, 0.15) is 0 Å². The minimum Gasteiger partial charge on any atom is -0.339 e. The molecule has 160 valence electrons. The Balaban J connectivity index is 1.42. The van der Waals surface area contributed by atoms with Gasteiger partial charge in [-0.3, -0.25) is 0 Å². The average Bonchev–Trinajstić information content (AvgIpc) is 3.52. The number of hydrogen-bond acceptors (Lipinski definition) is 5. The van der Waals surface area contributed by atoms with Crippen molar-refractivity contribution in [2.45, 2.75) is 23.5 Å². The fourth-order valence-corrected chi connectivity index (χ4v) is 5.71. The molecule has 3 aromatic heterocycles. The largest absolute Gasteiger partial charge is 0.339 e. The molecule has 0 amide bonds. The Bertz CT molecular complexity index is 1300. The van der Waals surface area contributed by atoms with Crippen molar-refractivity contribution >= 4 is 15.5 Å². The Morgan fingerprint density at radius 2 is 1.90 bits per heavy atom. The number of imidazole rings is 2. The molecule has 4 aromatic rings. The zero-order chi connectivity index (χ0) is 21.4. The summed E-state index contributed by atoms with van der Waals surface area (Å²) in [4.78, 5) is 8.30. The molecule has 0 bridgehead atoms. The molecular formula is C22H24N6O2S. The summed E-state index contributed by atoms with van der Waals surface area (Å²) >= 11 is 0. The lowest BCUT2D eigenvalue weighted by Gasteiger charge is -2.20. The molecule has 0 aliphatic carbocycles. The first-order valence-electron chi connectivity index (χ1n) is 10.2. The van der Waals surface area contributed by atoms with Gasteiger partial charge in [0, 0.05) is 50.5 Å². The average molecular weight is 437 g/mol. The van der Waals surface area contributed by atoms with E-state index in [1.807, 2.05) is 40.9 Å². The van der Waals surface area contributed by atoms with Gasteiger partial charge in [-0.1, -0.05) is 36.4 Å².